The zero-order chi connectivity index (χ0) is 14.9. The van der Waals surface area contributed by atoms with Gasteiger partial charge in [-0.2, -0.15) is 0 Å². The van der Waals surface area contributed by atoms with Crippen molar-refractivity contribution in [1.82, 2.24) is 10.3 Å². The second-order valence-electron chi connectivity index (χ2n) is 6.37. The fraction of sp³-hybridized carbons (Fsp3) is 0.714. The summed E-state index contributed by atoms with van der Waals surface area (Å²) in [5.74, 6) is 0. The Balaban J connectivity index is 1.90. The molecule has 1 fully saturated rings. The molecule has 3 atom stereocenters. The van der Waals surface area contributed by atoms with Crippen LogP contribution in [0.4, 0.5) is 9.93 Å². The van der Waals surface area contributed by atoms with Crippen LogP contribution in [-0.4, -0.2) is 29.3 Å². The van der Waals surface area contributed by atoms with Crippen LogP contribution in [0.5, 0.6) is 0 Å². The van der Waals surface area contributed by atoms with Crippen LogP contribution < -0.4 is 10.6 Å². The Morgan fingerprint density at radius 1 is 1.45 bits per heavy atom. The standard InChI is InChI=1S/C14H23N3O2S/c1-8-6-10(9(2)19-8)16-12(18)17-13-15-7-11(20-13)14(3,4)5/h7-10H,6H2,1-5H3,(H2,15,16,17,18). The third-order valence-electron chi connectivity index (χ3n) is 3.38. The zero-order valence-electron chi connectivity index (χ0n) is 12.7. The normalized spacial score (nSPS) is 26.6. The number of carbonyl (C=O) groups excluding carboxylic acids is 1. The summed E-state index contributed by atoms with van der Waals surface area (Å²) in [6, 6.07) is -0.151. The third kappa shape index (κ3) is 3.70. The number of anilines is 1. The van der Waals surface area contributed by atoms with E-state index in [1.165, 1.54) is 11.3 Å². The monoisotopic (exact) mass is 297 g/mol. The highest BCUT2D eigenvalue weighted by molar-refractivity contribution is 7.15. The number of nitrogens with one attached hydrogen (secondary N) is 2. The van der Waals surface area contributed by atoms with E-state index >= 15 is 0 Å². The lowest BCUT2D eigenvalue weighted by atomic mass is 9.96. The SMILES string of the molecule is CC1CC(NC(=O)Nc2ncc(C(C)(C)C)s2)C(C)O1. The maximum Gasteiger partial charge on any atom is 0.321 e. The first-order chi connectivity index (χ1) is 9.25. The van der Waals surface area contributed by atoms with E-state index in [0.717, 1.165) is 11.3 Å². The average Bonchev–Trinajstić information content (AvgIpc) is 2.86. The Labute approximate surface area is 124 Å². The largest absolute Gasteiger partial charge is 0.373 e. The number of aromatic nitrogens is 1. The Hall–Kier alpha value is -1.14. The van der Waals surface area contributed by atoms with Crippen LogP contribution in [0.1, 0.15) is 45.9 Å². The van der Waals surface area contributed by atoms with Crippen molar-refractivity contribution in [1.29, 1.82) is 0 Å². The molecule has 1 aliphatic rings. The Bertz CT molecular complexity index is 481. The van der Waals surface area contributed by atoms with Gasteiger partial charge < -0.3 is 10.1 Å². The second kappa shape index (κ2) is 5.69. The number of carbonyl (C=O) groups is 1. The summed E-state index contributed by atoms with van der Waals surface area (Å²) in [4.78, 5) is 17.4. The van der Waals surface area contributed by atoms with Crippen LogP contribution >= 0.6 is 11.3 Å². The van der Waals surface area contributed by atoms with Gasteiger partial charge in [0.1, 0.15) is 0 Å². The van der Waals surface area contributed by atoms with Gasteiger partial charge in [-0.15, -0.1) is 11.3 Å². The van der Waals surface area contributed by atoms with Crippen LogP contribution in [0.25, 0.3) is 0 Å². The molecule has 1 aliphatic heterocycles. The molecule has 3 unspecified atom stereocenters. The number of thiazole rings is 1. The topological polar surface area (TPSA) is 63.2 Å². The quantitative estimate of drug-likeness (QED) is 0.881. The van der Waals surface area contributed by atoms with Crippen molar-refractivity contribution in [2.75, 3.05) is 5.32 Å². The first-order valence-electron chi connectivity index (χ1n) is 6.95. The molecule has 2 N–H and O–H groups in total. The lowest BCUT2D eigenvalue weighted by Gasteiger charge is -2.16. The van der Waals surface area contributed by atoms with Gasteiger partial charge >= 0.3 is 6.03 Å². The molecule has 0 aliphatic carbocycles. The van der Waals surface area contributed by atoms with E-state index in [2.05, 4.69) is 36.4 Å². The lowest BCUT2D eigenvalue weighted by molar-refractivity contribution is 0.0615. The molecule has 0 bridgehead atoms. The van der Waals surface area contributed by atoms with E-state index in [4.69, 9.17) is 4.74 Å². The third-order valence-corrected chi connectivity index (χ3v) is 4.72. The highest BCUT2D eigenvalue weighted by atomic mass is 32.1. The predicted molar refractivity (Wildman–Crippen MR) is 81.4 cm³/mol. The molecular weight excluding hydrogens is 274 g/mol. The fourth-order valence-corrected chi connectivity index (χ4v) is 3.09. The molecule has 20 heavy (non-hydrogen) atoms. The molecule has 2 rings (SSSR count). The van der Waals surface area contributed by atoms with E-state index in [1.807, 2.05) is 20.0 Å². The Morgan fingerprint density at radius 3 is 2.65 bits per heavy atom. The van der Waals surface area contributed by atoms with Crippen LogP contribution in [0.15, 0.2) is 6.20 Å². The van der Waals surface area contributed by atoms with Crippen molar-refractivity contribution < 1.29 is 9.53 Å². The van der Waals surface area contributed by atoms with Crippen LogP contribution in [0.2, 0.25) is 0 Å². The highest BCUT2D eigenvalue weighted by Gasteiger charge is 2.30. The number of rotatable bonds is 2. The Kier molecular flexibility index (Phi) is 4.34. The summed E-state index contributed by atoms with van der Waals surface area (Å²) in [7, 11) is 0. The fourth-order valence-electron chi connectivity index (χ4n) is 2.22. The first kappa shape index (κ1) is 15.3. The van der Waals surface area contributed by atoms with Gasteiger partial charge in [0, 0.05) is 11.1 Å². The van der Waals surface area contributed by atoms with Crippen molar-refractivity contribution in [2.45, 2.75) is 64.7 Å². The van der Waals surface area contributed by atoms with Gasteiger partial charge in [-0.1, -0.05) is 20.8 Å². The average molecular weight is 297 g/mol. The Morgan fingerprint density at radius 2 is 2.15 bits per heavy atom. The summed E-state index contributed by atoms with van der Waals surface area (Å²) in [6.45, 7) is 10.4. The van der Waals surface area contributed by atoms with E-state index < -0.39 is 0 Å². The molecule has 5 nitrogen and oxygen atoms in total. The number of amides is 2. The smallest absolute Gasteiger partial charge is 0.321 e. The number of ether oxygens (including phenoxy) is 1. The number of nitrogens with zero attached hydrogens (tertiary/aromatic N) is 1. The maximum atomic E-state index is 12.0. The van der Waals surface area contributed by atoms with Crippen molar-refractivity contribution in [2.24, 2.45) is 0 Å². The lowest BCUT2D eigenvalue weighted by Crippen LogP contribution is -2.41. The summed E-state index contributed by atoms with van der Waals surface area (Å²) in [5, 5.41) is 6.38. The van der Waals surface area contributed by atoms with E-state index in [0.29, 0.717) is 5.13 Å². The van der Waals surface area contributed by atoms with E-state index in [1.54, 1.807) is 0 Å². The minimum Gasteiger partial charge on any atom is -0.373 e. The molecule has 0 spiro atoms. The number of hydrogen-bond acceptors (Lipinski definition) is 4. The van der Waals surface area contributed by atoms with Crippen molar-refractivity contribution in [3.8, 4) is 0 Å². The zero-order valence-corrected chi connectivity index (χ0v) is 13.5. The molecule has 1 aromatic rings. The molecule has 6 heteroatoms. The molecule has 2 amide bonds. The van der Waals surface area contributed by atoms with Crippen LogP contribution in [-0.2, 0) is 10.2 Å². The van der Waals surface area contributed by atoms with Gasteiger partial charge in [-0.25, -0.2) is 9.78 Å². The molecule has 2 heterocycles. The van der Waals surface area contributed by atoms with Gasteiger partial charge in [-0.05, 0) is 25.7 Å². The molecular formula is C14H23N3O2S. The molecule has 0 radical (unpaired) electrons. The maximum absolute atomic E-state index is 12.0. The molecule has 112 valence electrons. The predicted octanol–water partition coefficient (Wildman–Crippen LogP) is 3.13. The van der Waals surface area contributed by atoms with Gasteiger partial charge in [-0.3, -0.25) is 5.32 Å². The van der Waals surface area contributed by atoms with Crippen LogP contribution in [0, 0.1) is 0 Å². The van der Waals surface area contributed by atoms with Gasteiger partial charge in [0.15, 0.2) is 5.13 Å². The van der Waals surface area contributed by atoms with E-state index in [9.17, 15) is 4.79 Å². The molecule has 0 aromatic carbocycles. The molecule has 1 saturated heterocycles. The minimum atomic E-state index is -0.214. The molecule has 0 saturated carbocycles. The van der Waals surface area contributed by atoms with Crippen molar-refractivity contribution >= 4 is 22.5 Å². The van der Waals surface area contributed by atoms with Crippen molar-refractivity contribution in [3.05, 3.63) is 11.1 Å². The number of hydrogen-bond donors (Lipinski definition) is 2. The summed E-state index contributed by atoms with van der Waals surface area (Å²) >= 11 is 1.51. The van der Waals surface area contributed by atoms with Gasteiger partial charge in [0.05, 0.1) is 18.2 Å². The second-order valence-corrected chi connectivity index (χ2v) is 7.40. The first-order valence-corrected chi connectivity index (χ1v) is 7.76. The van der Waals surface area contributed by atoms with E-state index in [-0.39, 0.29) is 29.7 Å². The number of urea groups is 1. The summed E-state index contributed by atoms with van der Waals surface area (Å²) < 4.78 is 5.62. The summed E-state index contributed by atoms with van der Waals surface area (Å²) in [6.07, 6.45) is 2.92. The van der Waals surface area contributed by atoms with Gasteiger partial charge in [0.2, 0.25) is 0 Å². The highest BCUT2D eigenvalue weighted by Crippen LogP contribution is 2.30. The van der Waals surface area contributed by atoms with Crippen LogP contribution in [0.3, 0.4) is 0 Å². The van der Waals surface area contributed by atoms with Crippen molar-refractivity contribution in [3.63, 3.8) is 0 Å². The van der Waals surface area contributed by atoms with Gasteiger partial charge in [0.25, 0.3) is 0 Å². The summed E-state index contributed by atoms with van der Waals surface area (Å²) in [5.41, 5.74) is 0.0529. The molecule has 1 aromatic heterocycles. The minimum absolute atomic E-state index is 0.0529.